The van der Waals surface area contributed by atoms with Crippen molar-refractivity contribution in [1.82, 2.24) is 4.31 Å². The third kappa shape index (κ3) is 4.34. The van der Waals surface area contributed by atoms with E-state index in [1.165, 1.54) is 34.6 Å². The van der Waals surface area contributed by atoms with E-state index in [0.717, 1.165) is 11.1 Å². The van der Waals surface area contributed by atoms with Crippen LogP contribution in [-0.2, 0) is 14.8 Å². The maximum Gasteiger partial charge on any atom is 0.333 e. The number of rotatable bonds is 5. The van der Waals surface area contributed by atoms with Crippen LogP contribution >= 0.6 is 0 Å². The highest BCUT2D eigenvalue weighted by atomic mass is 32.2. The zero-order chi connectivity index (χ0) is 23.8. The number of carboxylic acid groups (broad SMARTS) is 1. The van der Waals surface area contributed by atoms with Crippen molar-refractivity contribution in [2.24, 2.45) is 0 Å². The standard InChI is InChI=1S/C26H24FNO4S/c1-17-7-9-19(10-8-17)23-16-15-22(26(29)30)25(20-11-13-21(27)14-12-20)28(23)33(31,32)24-6-4-3-5-18(24)2/h3-15,23,25H,16H2,1-2H3,(H,29,30)/t23-,25-/m0/s1. The topological polar surface area (TPSA) is 74.7 Å². The molecule has 1 N–H and O–H groups in total. The van der Waals surface area contributed by atoms with E-state index in [1.807, 2.05) is 31.2 Å². The average Bonchev–Trinajstić information content (AvgIpc) is 2.79. The molecule has 3 aromatic carbocycles. The smallest absolute Gasteiger partial charge is 0.333 e. The van der Waals surface area contributed by atoms with Crippen LogP contribution in [0.15, 0.2) is 89.3 Å². The Bertz CT molecular complexity index is 1320. The van der Waals surface area contributed by atoms with Crippen LogP contribution in [0.5, 0.6) is 0 Å². The number of carbonyl (C=O) groups is 1. The van der Waals surface area contributed by atoms with Gasteiger partial charge in [0.1, 0.15) is 5.82 Å². The van der Waals surface area contributed by atoms with Crippen molar-refractivity contribution in [1.29, 1.82) is 0 Å². The summed E-state index contributed by atoms with van der Waals surface area (Å²) < 4.78 is 43.2. The van der Waals surface area contributed by atoms with Gasteiger partial charge in [-0.25, -0.2) is 17.6 Å². The molecule has 2 atom stereocenters. The summed E-state index contributed by atoms with van der Waals surface area (Å²) in [4.78, 5) is 12.3. The van der Waals surface area contributed by atoms with Crippen LogP contribution in [0.4, 0.5) is 4.39 Å². The molecule has 0 aliphatic carbocycles. The third-order valence-corrected chi connectivity index (χ3v) is 8.00. The van der Waals surface area contributed by atoms with E-state index in [-0.39, 0.29) is 16.9 Å². The molecular formula is C26H24FNO4S. The predicted molar refractivity (Wildman–Crippen MR) is 124 cm³/mol. The summed E-state index contributed by atoms with van der Waals surface area (Å²) in [5, 5.41) is 9.96. The van der Waals surface area contributed by atoms with Crippen molar-refractivity contribution < 1.29 is 22.7 Å². The van der Waals surface area contributed by atoms with E-state index in [1.54, 1.807) is 31.2 Å². The summed E-state index contributed by atoms with van der Waals surface area (Å²) in [7, 11) is -4.14. The Hall–Kier alpha value is -3.29. The van der Waals surface area contributed by atoms with Crippen molar-refractivity contribution in [2.75, 3.05) is 0 Å². The highest BCUT2D eigenvalue weighted by Crippen LogP contribution is 2.46. The van der Waals surface area contributed by atoms with E-state index in [0.29, 0.717) is 11.1 Å². The van der Waals surface area contributed by atoms with Gasteiger partial charge in [-0.3, -0.25) is 0 Å². The molecule has 33 heavy (non-hydrogen) atoms. The van der Waals surface area contributed by atoms with Crippen LogP contribution in [0.2, 0.25) is 0 Å². The summed E-state index contributed by atoms with van der Waals surface area (Å²) in [6, 6.07) is 17.7. The van der Waals surface area contributed by atoms with Crippen molar-refractivity contribution in [2.45, 2.75) is 37.2 Å². The Balaban J connectivity index is 1.98. The first-order chi connectivity index (χ1) is 15.7. The van der Waals surface area contributed by atoms with Crippen LogP contribution in [0.3, 0.4) is 0 Å². The summed E-state index contributed by atoms with van der Waals surface area (Å²) in [5.74, 6) is -1.70. The highest BCUT2D eigenvalue weighted by molar-refractivity contribution is 7.89. The minimum absolute atomic E-state index is 0.0536. The number of hydrogen-bond donors (Lipinski definition) is 1. The van der Waals surface area contributed by atoms with Gasteiger partial charge in [0, 0.05) is 0 Å². The Morgan fingerprint density at radius 2 is 1.55 bits per heavy atom. The molecule has 1 aliphatic rings. The van der Waals surface area contributed by atoms with Gasteiger partial charge in [0.05, 0.1) is 22.6 Å². The van der Waals surface area contributed by atoms with Gasteiger partial charge in [-0.05, 0) is 55.2 Å². The molecule has 0 unspecified atom stereocenters. The quantitative estimate of drug-likeness (QED) is 0.553. The summed E-state index contributed by atoms with van der Waals surface area (Å²) >= 11 is 0. The van der Waals surface area contributed by atoms with Gasteiger partial charge >= 0.3 is 5.97 Å². The number of aryl methyl sites for hydroxylation is 2. The number of hydrogen-bond acceptors (Lipinski definition) is 3. The molecule has 0 saturated heterocycles. The molecule has 0 aromatic heterocycles. The molecule has 5 nitrogen and oxygen atoms in total. The van der Waals surface area contributed by atoms with Crippen LogP contribution in [0, 0.1) is 19.7 Å². The van der Waals surface area contributed by atoms with Crippen molar-refractivity contribution in [3.05, 3.63) is 113 Å². The first kappa shape index (κ1) is 22.9. The first-order valence-electron chi connectivity index (χ1n) is 10.5. The summed E-state index contributed by atoms with van der Waals surface area (Å²) in [6.45, 7) is 3.65. The molecule has 0 radical (unpaired) electrons. The largest absolute Gasteiger partial charge is 0.478 e. The van der Waals surface area contributed by atoms with Gasteiger partial charge in [-0.2, -0.15) is 4.31 Å². The normalized spacial score (nSPS) is 19.2. The van der Waals surface area contributed by atoms with E-state index in [9.17, 15) is 22.7 Å². The zero-order valence-corrected chi connectivity index (χ0v) is 19.1. The van der Waals surface area contributed by atoms with Gasteiger partial charge in [-0.1, -0.05) is 66.2 Å². The molecule has 1 aliphatic heterocycles. The van der Waals surface area contributed by atoms with Gasteiger partial charge in [-0.15, -0.1) is 0 Å². The monoisotopic (exact) mass is 465 g/mol. The summed E-state index contributed by atoms with van der Waals surface area (Å²) in [5.41, 5.74) is 2.68. The number of benzene rings is 3. The van der Waals surface area contributed by atoms with Crippen molar-refractivity contribution in [3.63, 3.8) is 0 Å². The Kier molecular flexibility index (Phi) is 6.19. The van der Waals surface area contributed by atoms with E-state index >= 15 is 0 Å². The molecule has 0 spiro atoms. The SMILES string of the molecule is Cc1ccc([C@@H]2CC=C(C(=O)O)[C@H](c3ccc(F)cc3)N2S(=O)(=O)c2ccccc2C)cc1. The Labute approximate surface area is 192 Å². The molecule has 4 rings (SSSR count). The van der Waals surface area contributed by atoms with Crippen LogP contribution in [0.25, 0.3) is 0 Å². The van der Waals surface area contributed by atoms with Gasteiger partial charge in [0.25, 0.3) is 0 Å². The fourth-order valence-corrected chi connectivity index (χ4v) is 6.29. The lowest BCUT2D eigenvalue weighted by atomic mass is 9.89. The van der Waals surface area contributed by atoms with Crippen molar-refractivity contribution >= 4 is 16.0 Å². The molecule has 0 saturated carbocycles. The maximum atomic E-state index is 14.1. The second-order valence-electron chi connectivity index (χ2n) is 8.18. The Morgan fingerprint density at radius 1 is 0.939 bits per heavy atom. The number of carboxylic acids is 1. The molecule has 7 heteroatoms. The molecule has 0 amide bonds. The lowest BCUT2D eigenvalue weighted by Crippen LogP contribution is -2.42. The number of aliphatic carboxylic acids is 1. The molecule has 0 bridgehead atoms. The zero-order valence-electron chi connectivity index (χ0n) is 18.3. The van der Waals surface area contributed by atoms with Gasteiger partial charge < -0.3 is 5.11 Å². The third-order valence-electron chi connectivity index (χ3n) is 5.96. The summed E-state index contributed by atoms with van der Waals surface area (Å²) in [6.07, 6.45) is 1.78. The lowest BCUT2D eigenvalue weighted by Gasteiger charge is -2.41. The number of sulfonamides is 1. The second kappa shape index (κ2) is 8.92. The Morgan fingerprint density at radius 3 is 2.15 bits per heavy atom. The van der Waals surface area contributed by atoms with Gasteiger partial charge in [0.15, 0.2) is 0 Å². The van der Waals surface area contributed by atoms with Crippen LogP contribution in [-0.4, -0.2) is 23.8 Å². The maximum absolute atomic E-state index is 14.1. The molecule has 1 heterocycles. The van der Waals surface area contributed by atoms with Crippen molar-refractivity contribution in [3.8, 4) is 0 Å². The molecule has 3 aromatic rings. The van der Waals surface area contributed by atoms with Crippen LogP contribution in [0.1, 0.15) is 40.8 Å². The predicted octanol–water partition coefficient (Wildman–Crippen LogP) is 5.33. The fraction of sp³-hybridized carbons (Fsp3) is 0.192. The average molecular weight is 466 g/mol. The minimum atomic E-state index is -4.14. The van der Waals surface area contributed by atoms with E-state index < -0.39 is 33.9 Å². The van der Waals surface area contributed by atoms with Gasteiger partial charge in [0.2, 0.25) is 10.0 Å². The first-order valence-corrected chi connectivity index (χ1v) is 12.0. The number of nitrogens with zero attached hydrogens (tertiary/aromatic N) is 1. The second-order valence-corrected chi connectivity index (χ2v) is 9.99. The molecule has 170 valence electrons. The van der Waals surface area contributed by atoms with E-state index in [4.69, 9.17) is 0 Å². The fourth-order valence-electron chi connectivity index (χ4n) is 4.28. The molecule has 0 fully saturated rings. The number of halogens is 1. The van der Waals surface area contributed by atoms with Crippen LogP contribution < -0.4 is 0 Å². The lowest BCUT2D eigenvalue weighted by molar-refractivity contribution is -0.133. The highest BCUT2D eigenvalue weighted by Gasteiger charge is 2.44. The minimum Gasteiger partial charge on any atom is -0.478 e. The van der Waals surface area contributed by atoms with E-state index in [2.05, 4.69) is 0 Å². The molecular weight excluding hydrogens is 441 g/mol.